The van der Waals surface area contributed by atoms with Crippen LogP contribution in [0, 0.1) is 0 Å². The molecule has 0 aliphatic carbocycles. The molecular weight excluding hydrogens is 344 g/mol. The predicted molar refractivity (Wildman–Crippen MR) is 107 cm³/mol. The zero-order chi connectivity index (χ0) is 18.1. The molecule has 0 N–H and O–H groups in total. The molecule has 26 heavy (non-hydrogen) atoms. The first-order valence-corrected chi connectivity index (χ1v) is 9.41. The third kappa shape index (κ3) is 3.25. The SMILES string of the molecule is CN1CCCCC1C(=O)c1cc(-c2ccc(Cl)cc2)nc2ccccc12. The number of para-hydroxylation sites is 1. The Morgan fingerprint density at radius 1 is 1.12 bits per heavy atom. The zero-order valence-electron chi connectivity index (χ0n) is 14.8. The number of hydrogen-bond acceptors (Lipinski definition) is 3. The molecule has 132 valence electrons. The summed E-state index contributed by atoms with van der Waals surface area (Å²) in [6, 6.07) is 17.4. The summed E-state index contributed by atoms with van der Waals surface area (Å²) in [5.41, 5.74) is 3.38. The average Bonchev–Trinajstić information content (AvgIpc) is 2.67. The van der Waals surface area contributed by atoms with E-state index in [4.69, 9.17) is 16.6 Å². The molecule has 0 radical (unpaired) electrons. The molecule has 0 amide bonds. The van der Waals surface area contributed by atoms with Gasteiger partial charge in [0.1, 0.15) is 0 Å². The van der Waals surface area contributed by atoms with Gasteiger partial charge in [-0.1, -0.05) is 48.4 Å². The van der Waals surface area contributed by atoms with Crippen molar-refractivity contribution in [3.63, 3.8) is 0 Å². The van der Waals surface area contributed by atoms with Gasteiger partial charge in [0, 0.05) is 21.5 Å². The first-order valence-electron chi connectivity index (χ1n) is 9.03. The van der Waals surface area contributed by atoms with Crippen LogP contribution in [0.4, 0.5) is 0 Å². The molecule has 4 heteroatoms. The summed E-state index contributed by atoms with van der Waals surface area (Å²) in [5.74, 6) is 0.195. The van der Waals surface area contributed by atoms with Gasteiger partial charge < -0.3 is 0 Å². The van der Waals surface area contributed by atoms with Crippen LogP contribution >= 0.6 is 11.6 Å². The number of halogens is 1. The molecule has 1 aliphatic rings. The summed E-state index contributed by atoms with van der Waals surface area (Å²) in [6.45, 7) is 0.976. The van der Waals surface area contributed by atoms with E-state index in [-0.39, 0.29) is 11.8 Å². The third-order valence-electron chi connectivity index (χ3n) is 5.19. The molecule has 2 heterocycles. The van der Waals surface area contributed by atoms with Gasteiger partial charge in [0.25, 0.3) is 0 Å². The van der Waals surface area contributed by atoms with E-state index >= 15 is 0 Å². The number of ketones is 1. The number of fused-ring (bicyclic) bond motifs is 1. The van der Waals surface area contributed by atoms with E-state index in [1.54, 1.807) is 0 Å². The quantitative estimate of drug-likeness (QED) is 0.597. The zero-order valence-corrected chi connectivity index (χ0v) is 15.5. The van der Waals surface area contributed by atoms with Crippen LogP contribution in [-0.4, -0.2) is 35.3 Å². The van der Waals surface area contributed by atoms with Crippen LogP contribution in [0.5, 0.6) is 0 Å². The molecule has 3 nitrogen and oxygen atoms in total. The van der Waals surface area contributed by atoms with Crippen LogP contribution in [0.2, 0.25) is 5.02 Å². The maximum Gasteiger partial charge on any atom is 0.180 e. The van der Waals surface area contributed by atoms with Gasteiger partial charge in [0.2, 0.25) is 0 Å². The fourth-order valence-corrected chi connectivity index (χ4v) is 3.86. The Morgan fingerprint density at radius 2 is 1.88 bits per heavy atom. The van der Waals surface area contributed by atoms with Crippen LogP contribution in [0.3, 0.4) is 0 Å². The Kier molecular flexibility index (Phi) is 4.75. The molecule has 1 unspecified atom stereocenters. The number of nitrogens with zero attached hydrogens (tertiary/aromatic N) is 2. The lowest BCUT2D eigenvalue weighted by molar-refractivity contribution is 0.0800. The van der Waals surface area contributed by atoms with E-state index in [9.17, 15) is 4.79 Å². The van der Waals surface area contributed by atoms with Crippen molar-refractivity contribution in [3.05, 3.63) is 65.2 Å². The van der Waals surface area contributed by atoms with Crippen LogP contribution in [0.15, 0.2) is 54.6 Å². The predicted octanol–water partition coefficient (Wildman–Crippen LogP) is 5.22. The van der Waals surface area contributed by atoms with Gasteiger partial charge in [-0.15, -0.1) is 0 Å². The Balaban J connectivity index is 1.84. The number of benzene rings is 2. The minimum absolute atomic E-state index is 0.0485. The minimum atomic E-state index is -0.0485. The van der Waals surface area contributed by atoms with Gasteiger partial charge in [0.15, 0.2) is 5.78 Å². The lowest BCUT2D eigenvalue weighted by Crippen LogP contribution is -2.42. The number of rotatable bonds is 3. The minimum Gasteiger partial charge on any atom is -0.296 e. The molecule has 1 aliphatic heterocycles. The Bertz CT molecular complexity index is 952. The molecule has 4 rings (SSSR count). The van der Waals surface area contributed by atoms with E-state index in [0.717, 1.165) is 53.5 Å². The number of aromatic nitrogens is 1. The van der Waals surface area contributed by atoms with Crippen LogP contribution < -0.4 is 0 Å². The lowest BCUT2D eigenvalue weighted by atomic mass is 9.92. The molecule has 0 spiro atoms. The second-order valence-electron chi connectivity index (χ2n) is 6.94. The van der Waals surface area contributed by atoms with Crippen molar-refractivity contribution in [1.82, 2.24) is 9.88 Å². The summed E-state index contributed by atoms with van der Waals surface area (Å²) in [7, 11) is 2.05. The monoisotopic (exact) mass is 364 g/mol. The number of carbonyl (C=O) groups is 1. The van der Waals surface area contributed by atoms with Crippen LogP contribution in [-0.2, 0) is 0 Å². The van der Waals surface area contributed by atoms with Gasteiger partial charge in [-0.05, 0) is 50.7 Å². The van der Waals surface area contributed by atoms with Crippen molar-refractivity contribution in [2.24, 2.45) is 0 Å². The first-order chi connectivity index (χ1) is 12.6. The number of Topliss-reactive ketones (excluding diaryl/α,β-unsaturated/α-hetero) is 1. The smallest absolute Gasteiger partial charge is 0.180 e. The van der Waals surface area contributed by atoms with Crippen molar-refractivity contribution in [2.45, 2.75) is 25.3 Å². The summed E-state index contributed by atoms with van der Waals surface area (Å²) in [6.07, 6.45) is 3.18. The van der Waals surface area contributed by atoms with Gasteiger partial charge in [-0.2, -0.15) is 0 Å². The Labute approximate surface area is 158 Å². The third-order valence-corrected chi connectivity index (χ3v) is 5.45. The highest BCUT2D eigenvalue weighted by atomic mass is 35.5. The second kappa shape index (κ2) is 7.18. The van der Waals surface area contributed by atoms with E-state index in [2.05, 4.69) is 4.90 Å². The highest BCUT2D eigenvalue weighted by molar-refractivity contribution is 6.30. The van der Waals surface area contributed by atoms with E-state index < -0.39 is 0 Å². The van der Waals surface area contributed by atoms with Crippen LogP contribution in [0.1, 0.15) is 29.6 Å². The number of carbonyl (C=O) groups excluding carboxylic acids is 1. The molecule has 1 saturated heterocycles. The number of pyridine rings is 1. The fraction of sp³-hybridized carbons (Fsp3) is 0.273. The Hall–Kier alpha value is -2.23. The van der Waals surface area contributed by atoms with Gasteiger partial charge in [-0.25, -0.2) is 4.98 Å². The molecule has 0 bridgehead atoms. The average molecular weight is 365 g/mol. The van der Waals surface area contributed by atoms with E-state index in [1.807, 2.05) is 61.6 Å². The maximum absolute atomic E-state index is 13.4. The van der Waals surface area contributed by atoms with Gasteiger partial charge in [0.05, 0.1) is 17.3 Å². The number of likely N-dealkylation sites (N-methyl/N-ethyl adjacent to an activating group) is 1. The standard InChI is InChI=1S/C22H21ClN2O/c1-25-13-5-4-8-21(25)22(26)18-14-20(15-9-11-16(23)12-10-15)24-19-7-3-2-6-17(18)19/h2-3,6-7,9-12,14,21H,4-5,8,13H2,1H3. The number of hydrogen-bond donors (Lipinski definition) is 0. The summed E-state index contributed by atoms with van der Waals surface area (Å²) >= 11 is 6.01. The molecule has 1 aromatic heterocycles. The van der Waals surface area contributed by atoms with Crippen LogP contribution in [0.25, 0.3) is 22.2 Å². The summed E-state index contributed by atoms with van der Waals surface area (Å²) < 4.78 is 0. The summed E-state index contributed by atoms with van der Waals surface area (Å²) in [4.78, 5) is 20.3. The highest BCUT2D eigenvalue weighted by Gasteiger charge is 2.28. The topological polar surface area (TPSA) is 33.2 Å². The van der Waals surface area contributed by atoms with Gasteiger partial charge in [-0.3, -0.25) is 9.69 Å². The van der Waals surface area contributed by atoms with E-state index in [1.165, 1.54) is 0 Å². The van der Waals surface area contributed by atoms with Crippen molar-refractivity contribution in [2.75, 3.05) is 13.6 Å². The molecule has 2 aromatic carbocycles. The Morgan fingerprint density at radius 3 is 2.65 bits per heavy atom. The largest absolute Gasteiger partial charge is 0.296 e. The van der Waals surface area contributed by atoms with Crippen molar-refractivity contribution in [3.8, 4) is 11.3 Å². The van der Waals surface area contributed by atoms with Crippen molar-refractivity contribution >= 4 is 28.3 Å². The molecule has 1 fully saturated rings. The number of piperidine rings is 1. The maximum atomic E-state index is 13.4. The molecule has 1 atom stereocenters. The van der Waals surface area contributed by atoms with E-state index in [0.29, 0.717) is 5.02 Å². The first kappa shape index (κ1) is 17.2. The molecule has 3 aromatic rings. The lowest BCUT2D eigenvalue weighted by Gasteiger charge is -2.31. The molecule has 0 saturated carbocycles. The van der Waals surface area contributed by atoms with Crippen molar-refractivity contribution < 1.29 is 4.79 Å². The highest BCUT2D eigenvalue weighted by Crippen LogP contribution is 2.28. The fourth-order valence-electron chi connectivity index (χ4n) is 3.73. The normalized spacial score (nSPS) is 18.2. The summed E-state index contributed by atoms with van der Waals surface area (Å²) in [5, 5.41) is 1.61. The van der Waals surface area contributed by atoms with Crippen molar-refractivity contribution in [1.29, 1.82) is 0 Å². The second-order valence-corrected chi connectivity index (χ2v) is 7.37. The van der Waals surface area contributed by atoms with Gasteiger partial charge >= 0.3 is 0 Å². The number of likely N-dealkylation sites (tertiary alicyclic amines) is 1. The molecular formula is C22H21ClN2O.